The highest BCUT2D eigenvalue weighted by Crippen LogP contribution is 2.19. The Balaban J connectivity index is 2.63. The van der Waals surface area contributed by atoms with E-state index in [2.05, 4.69) is 44.3 Å². The molecule has 9 heteroatoms. The van der Waals surface area contributed by atoms with Gasteiger partial charge in [-0.15, -0.1) is 0 Å². The molecule has 0 unspecified atom stereocenters. The van der Waals surface area contributed by atoms with Gasteiger partial charge in [-0.25, -0.2) is 4.57 Å². The Kier molecular flexibility index (Phi) is 6.96. The Morgan fingerprint density at radius 2 is 1.70 bits per heavy atom. The van der Waals surface area contributed by atoms with Crippen molar-refractivity contribution in [3.63, 3.8) is 0 Å². The minimum absolute atomic E-state index is 0.207. The van der Waals surface area contributed by atoms with Crippen LogP contribution in [0.25, 0.3) is 0 Å². The van der Waals surface area contributed by atoms with Crippen molar-refractivity contribution in [3.05, 3.63) is 16.3 Å². The van der Waals surface area contributed by atoms with E-state index in [0.717, 1.165) is 12.1 Å². The normalized spacial score (nSPS) is 12.4. The summed E-state index contributed by atoms with van der Waals surface area (Å²) in [6, 6.07) is 2.29. The van der Waals surface area contributed by atoms with Gasteiger partial charge in [0.25, 0.3) is 0 Å². The molecule has 0 radical (unpaired) electrons. The van der Waals surface area contributed by atoms with E-state index in [0.29, 0.717) is 13.2 Å². The first-order valence-corrected chi connectivity index (χ1v) is 15.3. The first-order chi connectivity index (χ1) is 10.5. The maximum Gasteiger partial charge on any atom is 0.416 e. The number of ether oxygens (including phenoxy) is 2. The van der Waals surface area contributed by atoms with Crippen LogP contribution in [0, 0.1) is 10.1 Å². The Morgan fingerprint density at radius 1 is 1.13 bits per heavy atom. The molecule has 0 saturated carbocycles. The van der Waals surface area contributed by atoms with E-state index >= 15 is 0 Å². The third-order valence-electron chi connectivity index (χ3n) is 3.22. The SMILES string of the molecule is C[Si](C)(C)CCOCn1cc([N+](=O)[O-])nc1OCC[Si](C)(C)C. The maximum atomic E-state index is 10.9. The zero-order valence-electron chi connectivity index (χ0n) is 15.1. The second-order valence-corrected chi connectivity index (χ2v) is 19.4. The zero-order valence-corrected chi connectivity index (χ0v) is 17.1. The fourth-order valence-electron chi connectivity index (χ4n) is 1.67. The molecule has 0 N–H and O–H groups in total. The molecule has 0 bridgehead atoms. The molecule has 7 nitrogen and oxygen atoms in total. The van der Waals surface area contributed by atoms with E-state index < -0.39 is 21.1 Å². The molecule has 0 fully saturated rings. The summed E-state index contributed by atoms with van der Waals surface area (Å²) in [6.45, 7) is 15.0. The van der Waals surface area contributed by atoms with Crippen molar-refractivity contribution < 1.29 is 14.4 Å². The van der Waals surface area contributed by atoms with Crippen LogP contribution in [0.1, 0.15) is 0 Å². The van der Waals surface area contributed by atoms with Gasteiger partial charge in [0, 0.05) is 27.7 Å². The lowest BCUT2D eigenvalue weighted by molar-refractivity contribution is -0.389. The van der Waals surface area contributed by atoms with Crippen LogP contribution in [0.3, 0.4) is 0 Å². The molecule has 23 heavy (non-hydrogen) atoms. The fraction of sp³-hybridized carbons (Fsp3) is 0.786. The second kappa shape index (κ2) is 8.07. The average Bonchev–Trinajstić information content (AvgIpc) is 2.76. The molecule has 1 aromatic rings. The van der Waals surface area contributed by atoms with Gasteiger partial charge >= 0.3 is 11.8 Å². The lowest BCUT2D eigenvalue weighted by Gasteiger charge is -2.16. The minimum Gasteiger partial charge on any atom is -0.446 e. The smallest absolute Gasteiger partial charge is 0.416 e. The number of nitrogens with zero attached hydrogens (tertiary/aromatic N) is 3. The Morgan fingerprint density at radius 3 is 2.22 bits per heavy atom. The van der Waals surface area contributed by atoms with Gasteiger partial charge in [0.15, 0.2) is 0 Å². The molecular weight excluding hydrogens is 330 g/mol. The number of imidazole rings is 1. The van der Waals surface area contributed by atoms with Crippen LogP contribution >= 0.6 is 0 Å². The molecule has 1 aromatic heterocycles. The minimum atomic E-state index is -1.22. The summed E-state index contributed by atoms with van der Waals surface area (Å²) in [6.07, 6.45) is 1.37. The van der Waals surface area contributed by atoms with E-state index in [1.807, 2.05) is 0 Å². The molecular formula is C14H29N3O4Si2. The molecule has 0 spiro atoms. The Bertz CT molecular complexity index is 521. The van der Waals surface area contributed by atoms with Crippen LogP contribution in [0.4, 0.5) is 5.82 Å². The molecule has 0 aliphatic heterocycles. The van der Waals surface area contributed by atoms with E-state index in [1.54, 1.807) is 4.57 Å². The lowest BCUT2D eigenvalue weighted by atomic mass is 10.8. The molecule has 1 rings (SSSR count). The summed E-state index contributed by atoms with van der Waals surface area (Å²) >= 11 is 0. The number of hydrogen-bond acceptors (Lipinski definition) is 5. The summed E-state index contributed by atoms with van der Waals surface area (Å²) in [5, 5.41) is 10.9. The van der Waals surface area contributed by atoms with Gasteiger partial charge in [-0.2, -0.15) is 0 Å². The third-order valence-corrected chi connectivity index (χ3v) is 6.63. The maximum absolute atomic E-state index is 10.9. The molecule has 1 heterocycles. The average molecular weight is 360 g/mol. The summed E-state index contributed by atoms with van der Waals surface area (Å²) in [4.78, 5) is 14.3. The van der Waals surface area contributed by atoms with Gasteiger partial charge in [-0.3, -0.25) is 0 Å². The quantitative estimate of drug-likeness (QED) is 0.274. The molecule has 132 valence electrons. The van der Waals surface area contributed by atoms with Crippen LogP contribution in [-0.2, 0) is 11.5 Å². The van der Waals surface area contributed by atoms with Gasteiger partial charge in [0.1, 0.15) is 12.9 Å². The Labute approximate surface area is 140 Å². The first-order valence-electron chi connectivity index (χ1n) is 7.90. The largest absolute Gasteiger partial charge is 0.446 e. The standard InChI is InChI=1S/C14H29N3O4Si2/c1-22(2,3)9-7-20-12-16-11-13(17(18)19)15-14(16)21-8-10-23(4,5)6/h11H,7-10,12H2,1-6H3. The highest BCUT2D eigenvalue weighted by molar-refractivity contribution is 6.76. The van der Waals surface area contributed by atoms with E-state index in [9.17, 15) is 10.1 Å². The van der Waals surface area contributed by atoms with Crippen molar-refractivity contribution in [1.82, 2.24) is 9.55 Å². The predicted octanol–water partition coefficient (Wildman–Crippen LogP) is 3.82. The van der Waals surface area contributed by atoms with Crippen molar-refractivity contribution in [2.45, 2.75) is 58.1 Å². The topological polar surface area (TPSA) is 79.4 Å². The van der Waals surface area contributed by atoms with Crippen LogP contribution < -0.4 is 4.74 Å². The number of nitro groups is 1. The summed E-state index contributed by atoms with van der Waals surface area (Å²) in [5.41, 5.74) is 0. The predicted molar refractivity (Wildman–Crippen MR) is 96.6 cm³/mol. The number of hydrogen-bond donors (Lipinski definition) is 0. The van der Waals surface area contributed by atoms with Gasteiger partial charge in [0.05, 0.1) is 6.61 Å². The van der Waals surface area contributed by atoms with Crippen molar-refractivity contribution in [2.24, 2.45) is 0 Å². The second-order valence-electron chi connectivity index (χ2n) is 8.12. The van der Waals surface area contributed by atoms with Gasteiger partial charge in [0.2, 0.25) is 0 Å². The van der Waals surface area contributed by atoms with E-state index in [4.69, 9.17) is 9.47 Å². The summed E-state index contributed by atoms with van der Waals surface area (Å²) < 4.78 is 12.9. The monoisotopic (exact) mass is 359 g/mol. The summed E-state index contributed by atoms with van der Waals surface area (Å²) in [5.74, 6) is -0.207. The van der Waals surface area contributed by atoms with Crippen LogP contribution in [0.15, 0.2) is 6.20 Å². The Hall–Kier alpha value is -1.20. The van der Waals surface area contributed by atoms with Gasteiger partial charge in [-0.05, 0) is 17.0 Å². The zero-order chi connectivity index (χ0) is 17.7. The molecule has 0 aliphatic carbocycles. The highest BCUT2D eigenvalue weighted by atomic mass is 28.3. The molecule has 0 aliphatic rings. The van der Waals surface area contributed by atoms with Crippen molar-refractivity contribution in [2.75, 3.05) is 13.2 Å². The van der Waals surface area contributed by atoms with Crippen LogP contribution in [0.2, 0.25) is 51.4 Å². The van der Waals surface area contributed by atoms with Gasteiger partial charge in [-0.1, -0.05) is 39.3 Å². The first kappa shape index (κ1) is 19.8. The van der Waals surface area contributed by atoms with Crippen LogP contribution in [-0.4, -0.2) is 43.8 Å². The lowest BCUT2D eigenvalue weighted by Crippen LogP contribution is -2.23. The fourth-order valence-corrected chi connectivity index (χ4v) is 3.14. The molecule has 0 aromatic carbocycles. The third kappa shape index (κ3) is 8.28. The summed E-state index contributed by atoms with van der Waals surface area (Å²) in [7, 11) is -2.37. The highest BCUT2D eigenvalue weighted by Gasteiger charge is 2.22. The molecule has 0 atom stereocenters. The van der Waals surface area contributed by atoms with E-state index in [1.165, 1.54) is 6.20 Å². The van der Waals surface area contributed by atoms with Crippen molar-refractivity contribution >= 4 is 22.0 Å². The van der Waals surface area contributed by atoms with Crippen LogP contribution in [0.5, 0.6) is 6.01 Å². The number of rotatable bonds is 10. The van der Waals surface area contributed by atoms with Gasteiger partial charge < -0.3 is 19.6 Å². The van der Waals surface area contributed by atoms with Crippen molar-refractivity contribution in [1.29, 1.82) is 0 Å². The number of aromatic nitrogens is 2. The molecule has 0 amide bonds. The van der Waals surface area contributed by atoms with Crippen molar-refractivity contribution in [3.8, 4) is 6.01 Å². The molecule has 0 saturated heterocycles. The van der Waals surface area contributed by atoms with E-state index in [-0.39, 0.29) is 18.6 Å².